The molecule has 0 bridgehead atoms. The number of nitrogens with zero attached hydrogens (tertiary/aromatic N) is 4. The van der Waals surface area contributed by atoms with Crippen molar-refractivity contribution in [3.63, 3.8) is 0 Å². The van der Waals surface area contributed by atoms with Crippen LogP contribution in [0.25, 0.3) is 11.3 Å². The van der Waals surface area contributed by atoms with Crippen molar-refractivity contribution in [3.8, 4) is 11.3 Å². The largest absolute Gasteiger partial charge is 0.331 e. The average Bonchev–Trinajstić information content (AvgIpc) is 3.19. The van der Waals surface area contributed by atoms with Crippen molar-refractivity contribution in [2.75, 3.05) is 5.32 Å². The summed E-state index contributed by atoms with van der Waals surface area (Å²) in [6, 6.07) is 7.44. The average molecular weight is 382 g/mol. The number of urea groups is 1. The van der Waals surface area contributed by atoms with E-state index in [1.807, 2.05) is 36.6 Å². The molecule has 0 unspecified atom stereocenters. The Kier molecular flexibility index (Phi) is 5.15. The number of carbonyl (C=O) groups is 1. The summed E-state index contributed by atoms with van der Waals surface area (Å²) in [5, 5.41) is 17.3. The van der Waals surface area contributed by atoms with E-state index in [1.165, 1.54) is 6.42 Å². The molecule has 3 heterocycles. The van der Waals surface area contributed by atoms with E-state index in [0.717, 1.165) is 59.4 Å². The Morgan fingerprint density at radius 3 is 3.04 bits per heavy atom. The second kappa shape index (κ2) is 7.87. The normalized spacial score (nSPS) is 13.7. The Labute approximate surface area is 161 Å². The van der Waals surface area contributed by atoms with Crippen LogP contribution in [0, 0.1) is 6.92 Å². The Hall–Kier alpha value is -2.74. The molecule has 140 valence electrons. The van der Waals surface area contributed by atoms with E-state index in [-0.39, 0.29) is 6.03 Å². The summed E-state index contributed by atoms with van der Waals surface area (Å²) in [4.78, 5) is 16.8. The van der Waals surface area contributed by atoms with Crippen LogP contribution in [0.4, 0.5) is 10.5 Å². The second-order valence-corrected chi connectivity index (χ2v) is 7.70. The van der Waals surface area contributed by atoms with Crippen LogP contribution in [0.2, 0.25) is 0 Å². The van der Waals surface area contributed by atoms with E-state index in [4.69, 9.17) is 0 Å². The lowest BCUT2D eigenvalue weighted by Crippen LogP contribution is -2.29. The van der Waals surface area contributed by atoms with Crippen molar-refractivity contribution in [2.45, 2.75) is 45.7 Å². The van der Waals surface area contributed by atoms with Crippen LogP contribution in [-0.4, -0.2) is 25.8 Å². The van der Waals surface area contributed by atoms with E-state index < -0.39 is 0 Å². The molecular formula is C19H22N6OS. The molecule has 0 saturated carbocycles. The molecule has 27 heavy (non-hydrogen) atoms. The highest BCUT2D eigenvalue weighted by molar-refractivity contribution is 7.09. The molecule has 0 spiro atoms. The van der Waals surface area contributed by atoms with E-state index in [1.54, 1.807) is 11.3 Å². The highest BCUT2D eigenvalue weighted by Gasteiger charge is 2.15. The minimum atomic E-state index is -0.257. The number of thiazole rings is 1. The molecule has 1 aliphatic rings. The number of fused-ring (bicyclic) bond motifs is 1. The monoisotopic (exact) mass is 382 g/mol. The Morgan fingerprint density at radius 2 is 2.19 bits per heavy atom. The first-order valence-corrected chi connectivity index (χ1v) is 10.1. The van der Waals surface area contributed by atoms with E-state index in [2.05, 4.69) is 30.4 Å². The van der Waals surface area contributed by atoms with Gasteiger partial charge >= 0.3 is 6.03 Å². The molecule has 3 aromatic rings. The summed E-state index contributed by atoms with van der Waals surface area (Å²) < 4.78 is 2.14. The van der Waals surface area contributed by atoms with Crippen LogP contribution in [0.5, 0.6) is 0 Å². The molecule has 1 aliphatic heterocycles. The molecule has 2 aromatic heterocycles. The fraction of sp³-hybridized carbons (Fsp3) is 0.368. The smallest absolute Gasteiger partial charge is 0.319 e. The number of rotatable bonds is 4. The number of hydrogen-bond acceptors (Lipinski definition) is 5. The van der Waals surface area contributed by atoms with Crippen LogP contribution < -0.4 is 10.6 Å². The van der Waals surface area contributed by atoms with E-state index in [9.17, 15) is 4.79 Å². The number of hydrogen-bond donors (Lipinski definition) is 2. The number of nitrogens with one attached hydrogen (secondary N) is 2. The van der Waals surface area contributed by atoms with Crippen molar-refractivity contribution in [1.82, 2.24) is 25.1 Å². The fourth-order valence-electron chi connectivity index (χ4n) is 3.26. The van der Waals surface area contributed by atoms with Gasteiger partial charge in [0.05, 0.1) is 17.2 Å². The molecule has 0 fully saturated rings. The summed E-state index contributed by atoms with van der Waals surface area (Å²) >= 11 is 1.61. The summed E-state index contributed by atoms with van der Waals surface area (Å²) in [6.07, 6.45) is 4.46. The molecule has 7 nitrogen and oxygen atoms in total. The lowest BCUT2D eigenvalue weighted by Gasteiger charge is -2.10. The van der Waals surface area contributed by atoms with Gasteiger partial charge in [-0.2, -0.15) is 0 Å². The number of anilines is 1. The van der Waals surface area contributed by atoms with Gasteiger partial charge in [0.2, 0.25) is 0 Å². The number of amides is 2. The zero-order valence-electron chi connectivity index (χ0n) is 15.2. The molecule has 0 saturated heterocycles. The van der Waals surface area contributed by atoms with Gasteiger partial charge < -0.3 is 15.2 Å². The molecule has 2 N–H and O–H groups in total. The number of aromatic nitrogens is 4. The number of benzene rings is 1. The van der Waals surface area contributed by atoms with Gasteiger partial charge in [-0.15, -0.1) is 21.5 Å². The zero-order valence-corrected chi connectivity index (χ0v) is 16.1. The first-order chi connectivity index (χ1) is 13.2. The maximum atomic E-state index is 12.3. The predicted molar refractivity (Wildman–Crippen MR) is 106 cm³/mol. The predicted octanol–water partition coefficient (Wildman–Crippen LogP) is 3.76. The lowest BCUT2D eigenvalue weighted by atomic mass is 10.1. The molecule has 8 heteroatoms. The van der Waals surface area contributed by atoms with Crippen LogP contribution >= 0.6 is 11.3 Å². The molecule has 0 aliphatic carbocycles. The quantitative estimate of drug-likeness (QED) is 0.719. The second-order valence-electron chi connectivity index (χ2n) is 6.63. The first-order valence-electron chi connectivity index (χ1n) is 9.17. The Bertz CT molecular complexity index is 947. The molecular weight excluding hydrogens is 360 g/mol. The highest BCUT2D eigenvalue weighted by Crippen LogP contribution is 2.24. The van der Waals surface area contributed by atoms with Crippen molar-refractivity contribution < 1.29 is 4.79 Å². The van der Waals surface area contributed by atoms with Crippen LogP contribution in [0.1, 0.15) is 35.9 Å². The lowest BCUT2D eigenvalue weighted by molar-refractivity contribution is 0.251. The van der Waals surface area contributed by atoms with Gasteiger partial charge in [0.25, 0.3) is 0 Å². The van der Waals surface area contributed by atoms with Gasteiger partial charge in [-0.25, -0.2) is 9.78 Å². The summed E-state index contributed by atoms with van der Waals surface area (Å²) in [6.45, 7) is 3.27. The van der Waals surface area contributed by atoms with Crippen molar-refractivity contribution in [2.24, 2.45) is 0 Å². The Morgan fingerprint density at radius 1 is 1.26 bits per heavy atom. The fourth-order valence-corrected chi connectivity index (χ4v) is 3.88. The zero-order chi connectivity index (χ0) is 18.6. The number of carbonyl (C=O) groups excluding carboxylic acids is 1. The van der Waals surface area contributed by atoms with Crippen molar-refractivity contribution >= 4 is 23.1 Å². The van der Waals surface area contributed by atoms with Gasteiger partial charge in [0.1, 0.15) is 5.82 Å². The third-order valence-corrected chi connectivity index (χ3v) is 5.40. The van der Waals surface area contributed by atoms with E-state index >= 15 is 0 Å². The molecule has 2 amide bonds. The minimum absolute atomic E-state index is 0.257. The summed E-state index contributed by atoms with van der Waals surface area (Å²) in [7, 11) is 0. The van der Waals surface area contributed by atoms with Gasteiger partial charge in [0, 0.05) is 29.6 Å². The molecule has 4 rings (SSSR count). The SMILES string of the molecule is Cc1nc(-c2cccc(NC(=O)NCc3nnc4n3CCCCC4)c2)cs1. The van der Waals surface area contributed by atoms with Crippen molar-refractivity contribution in [3.05, 3.63) is 46.3 Å². The third-order valence-electron chi connectivity index (χ3n) is 4.63. The number of aryl methyl sites for hydroxylation is 2. The van der Waals surface area contributed by atoms with Gasteiger partial charge in [-0.3, -0.25) is 0 Å². The maximum absolute atomic E-state index is 12.3. The van der Waals surface area contributed by atoms with Crippen LogP contribution in [0.3, 0.4) is 0 Å². The first kappa shape index (κ1) is 17.7. The molecule has 0 radical (unpaired) electrons. The summed E-state index contributed by atoms with van der Waals surface area (Å²) in [5.41, 5.74) is 2.64. The van der Waals surface area contributed by atoms with Gasteiger partial charge in [0.15, 0.2) is 5.82 Å². The van der Waals surface area contributed by atoms with Gasteiger partial charge in [-0.05, 0) is 31.9 Å². The standard InChI is InChI=1S/C19H22N6OS/c1-13-21-16(12-27-13)14-6-5-7-15(10-14)22-19(26)20-11-18-24-23-17-8-3-2-4-9-25(17)18/h5-7,10,12H,2-4,8-9,11H2,1H3,(H2,20,22,26). The Balaban J connectivity index is 1.38. The van der Waals surface area contributed by atoms with Gasteiger partial charge in [-0.1, -0.05) is 18.6 Å². The minimum Gasteiger partial charge on any atom is -0.331 e. The van der Waals surface area contributed by atoms with Crippen LogP contribution in [-0.2, 0) is 19.5 Å². The highest BCUT2D eigenvalue weighted by atomic mass is 32.1. The van der Waals surface area contributed by atoms with E-state index in [0.29, 0.717) is 6.54 Å². The van der Waals surface area contributed by atoms with Crippen LogP contribution in [0.15, 0.2) is 29.6 Å². The molecule has 0 atom stereocenters. The molecule has 1 aromatic carbocycles. The third kappa shape index (κ3) is 4.16. The topological polar surface area (TPSA) is 84.7 Å². The van der Waals surface area contributed by atoms with Crippen molar-refractivity contribution in [1.29, 1.82) is 0 Å². The maximum Gasteiger partial charge on any atom is 0.319 e. The summed E-state index contributed by atoms with van der Waals surface area (Å²) in [5.74, 6) is 1.84.